The number of carbonyl (C=O) groups is 2. The first-order valence-corrected chi connectivity index (χ1v) is 9.20. The number of rotatable bonds is 8. The molecular formula is C22H27FN2O2. The molecule has 2 aromatic carbocycles. The van der Waals surface area contributed by atoms with E-state index in [0.29, 0.717) is 18.9 Å². The predicted octanol–water partition coefficient (Wildman–Crippen LogP) is 3.56. The van der Waals surface area contributed by atoms with Gasteiger partial charge in [0.2, 0.25) is 11.8 Å². The molecule has 0 heterocycles. The van der Waals surface area contributed by atoms with E-state index in [1.54, 1.807) is 17.0 Å². The topological polar surface area (TPSA) is 49.4 Å². The summed E-state index contributed by atoms with van der Waals surface area (Å²) in [6, 6.07) is 15.0. The number of nitrogens with zero attached hydrogens (tertiary/aromatic N) is 1. The zero-order valence-electron chi connectivity index (χ0n) is 16.1. The highest BCUT2D eigenvalue weighted by atomic mass is 19.1. The van der Waals surface area contributed by atoms with Crippen LogP contribution in [-0.2, 0) is 22.6 Å². The van der Waals surface area contributed by atoms with E-state index in [0.717, 1.165) is 11.1 Å². The average molecular weight is 370 g/mol. The van der Waals surface area contributed by atoms with E-state index in [4.69, 9.17) is 0 Å². The van der Waals surface area contributed by atoms with E-state index in [1.165, 1.54) is 19.1 Å². The van der Waals surface area contributed by atoms with Crippen molar-refractivity contribution >= 4 is 11.8 Å². The van der Waals surface area contributed by atoms with E-state index in [9.17, 15) is 14.0 Å². The number of halogens is 1. The Morgan fingerprint density at radius 3 is 2.19 bits per heavy atom. The molecule has 0 saturated heterocycles. The van der Waals surface area contributed by atoms with Crippen molar-refractivity contribution in [3.05, 3.63) is 71.5 Å². The standard InChI is InChI=1S/C22H27FN2O2/c1-16(2)14-24-22(27)21(13-18-7-5-4-6-8-18)25(17(3)26)15-19-9-11-20(23)12-10-19/h4-12,16,21H,13-15H2,1-3H3,(H,24,27)/t21-/m1/s1. The first kappa shape index (κ1) is 20.6. The van der Waals surface area contributed by atoms with Crippen LogP contribution in [0.25, 0.3) is 0 Å². The summed E-state index contributed by atoms with van der Waals surface area (Å²) in [5.41, 5.74) is 1.76. The molecule has 1 atom stereocenters. The van der Waals surface area contributed by atoms with Crippen LogP contribution in [0.1, 0.15) is 31.9 Å². The van der Waals surface area contributed by atoms with Gasteiger partial charge in [-0.2, -0.15) is 0 Å². The fraction of sp³-hybridized carbons (Fsp3) is 0.364. The van der Waals surface area contributed by atoms with Gasteiger partial charge in [-0.15, -0.1) is 0 Å². The maximum absolute atomic E-state index is 13.2. The molecule has 5 heteroatoms. The number of nitrogens with one attached hydrogen (secondary N) is 1. The molecule has 0 aliphatic carbocycles. The highest BCUT2D eigenvalue weighted by molar-refractivity contribution is 5.87. The Bertz CT molecular complexity index is 745. The highest BCUT2D eigenvalue weighted by Crippen LogP contribution is 2.15. The molecule has 144 valence electrons. The molecule has 0 aliphatic heterocycles. The quantitative estimate of drug-likeness (QED) is 0.772. The Balaban J connectivity index is 2.26. The highest BCUT2D eigenvalue weighted by Gasteiger charge is 2.28. The molecule has 2 rings (SSSR count). The molecule has 0 spiro atoms. The van der Waals surface area contributed by atoms with Crippen LogP contribution in [0, 0.1) is 11.7 Å². The second-order valence-electron chi connectivity index (χ2n) is 7.12. The first-order valence-electron chi connectivity index (χ1n) is 9.20. The van der Waals surface area contributed by atoms with Crippen molar-refractivity contribution in [2.24, 2.45) is 5.92 Å². The fourth-order valence-electron chi connectivity index (χ4n) is 2.83. The number of carbonyl (C=O) groups excluding carboxylic acids is 2. The van der Waals surface area contributed by atoms with E-state index in [2.05, 4.69) is 5.32 Å². The Hall–Kier alpha value is -2.69. The smallest absolute Gasteiger partial charge is 0.243 e. The van der Waals surface area contributed by atoms with Crippen LogP contribution in [0.5, 0.6) is 0 Å². The molecule has 0 saturated carbocycles. The third-order valence-electron chi connectivity index (χ3n) is 4.31. The van der Waals surface area contributed by atoms with Crippen molar-refractivity contribution in [2.75, 3.05) is 6.54 Å². The van der Waals surface area contributed by atoms with Crippen LogP contribution in [0.2, 0.25) is 0 Å². The Morgan fingerprint density at radius 2 is 1.63 bits per heavy atom. The van der Waals surface area contributed by atoms with E-state index < -0.39 is 6.04 Å². The minimum Gasteiger partial charge on any atom is -0.354 e. The third kappa shape index (κ3) is 6.51. The van der Waals surface area contributed by atoms with E-state index in [1.807, 2.05) is 44.2 Å². The second-order valence-corrected chi connectivity index (χ2v) is 7.12. The van der Waals surface area contributed by atoms with Gasteiger partial charge in [0.1, 0.15) is 11.9 Å². The lowest BCUT2D eigenvalue weighted by Gasteiger charge is -2.30. The van der Waals surface area contributed by atoms with Gasteiger partial charge in [-0.1, -0.05) is 56.3 Å². The van der Waals surface area contributed by atoms with Crippen LogP contribution < -0.4 is 5.32 Å². The summed E-state index contributed by atoms with van der Waals surface area (Å²) in [6.07, 6.45) is 0.422. The van der Waals surface area contributed by atoms with Crippen molar-refractivity contribution in [2.45, 2.75) is 39.8 Å². The van der Waals surface area contributed by atoms with Gasteiger partial charge in [-0.25, -0.2) is 4.39 Å². The third-order valence-corrected chi connectivity index (χ3v) is 4.31. The summed E-state index contributed by atoms with van der Waals surface area (Å²) in [5, 5.41) is 2.94. The Kier molecular flexibility index (Phi) is 7.53. The van der Waals surface area contributed by atoms with Gasteiger partial charge in [-0.05, 0) is 29.2 Å². The molecule has 0 aromatic heterocycles. The maximum Gasteiger partial charge on any atom is 0.243 e. The van der Waals surface area contributed by atoms with Crippen molar-refractivity contribution < 1.29 is 14.0 Å². The van der Waals surface area contributed by atoms with Crippen LogP contribution >= 0.6 is 0 Å². The van der Waals surface area contributed by atoms with Crippen molar-refractivity contribution in [3.63, 3.8) is 0 Å². The second kappa shape index (κ2) is 9.86. The molecule has 2 aromatic rings. The summed E-state index contributed by atoms with van der Waals surface area (Å²) in [4.78, 5) is 26.8. The summed E-state index contributed by atoms with van der Waals surface area (Å²) in [6.45, 7) is 6.30. The van der Waals surface area contributed by atoms with E-state index in [-0.39, 0.29) is 24.2 Å². The predicted molar refractivity (Wildman–Crippen MR) is 104 cm³/mol. The van der Waals surface area contributed by atoms with Crippen molar-refractivity contribution in [1.82, 2.24) is 10.2 Å². The van der Waals surface area contributed by atoms with Crippen LogP contribution in [0.15, 0.2) is 54.6 Å². The van der Waals surface area contributed by atoms with Crippen molar-refractivity contribution in [3.8, 4) is 0 Å². The van der Waals surface area contributed by atoms with Gasteiger partial charge in [0.15, 0.2) is 0 Å². The van der Waals surface area contributed by atoms with Gasteiger partial charge in [0.25, 0.3) is 0 Å². The first-order chi connectivity index (χ1) is 12.9. The molecule has 1 N–H and O–H groups in total. The summed E-state index contributed by atoms with van der Waals surface area (Å²) in [5.74, 6) is -0.386. The van der Waals surface area contributed by atoms with Gasteiger partial charge >= 0.3 is 0 Å². The monoisotopic (exact) mass is 370 g/mol. The minimum atomic E-state index is -0.631. The minimum absolute atomic E-state index is 0.176. The molecule has 0 fully saturated rings. The van der Waals surface area contributed by atoms with Gasteiger partial charge in [0, 0.05) is 26.4 Å². The van der Waals surface area contributed by atoms with E-state index >= 15 is 0 Å². The summed E-state index contributed by atoms with van der Waals surface area (Å²) < 4.78 is 13.2. The molecule has 0 radical (unpaired) electrons. The van der Waals surface area contributed by atoms with Gasteiger partial charge < -0.3 is 10.2 Å². The lowest BCUT2D eigenvalue weighted by Crippen LogP contribution is -2.50. The van der Waals surface area contributed by atoms with Gasteiger partial charge in [-0.3, -0.25) is 9.59 Å². The summed E-state index contributed by atoms with van der Waals surface area (Å²) in [7, 11) is 0. The molecule has 0 bridgehead atoms. The molecule has 27 heavy (non-hydrogen) atoms. The number of hydrogen-bond donors (Lipinski definition) is 1. The Morgan fingerprint density at radius 1 is 1.00 bits per heavy atom. The van der Waals surface area contributed by atoms with Crippen LogP contribution in [0.4, 0.5) is 4.39 Å². The molecule has 0 aliphatic rings. The number of hydrogen-bond acceptors (Lipinski definition) is 2. The van der Waals surface area contributed by atoms with Crippen LogP contribution in [0.3, 0.4) is 0 Å². The average Bonchev–Trinajstić information content (AvgIpc) is 2.64. The lowest BCUT2D eigenvalue weighted by atomic mass is 10.0. The molecular weight excluding hydrogens is 343 g/mol. The lowest BCUT2D eigenvalue weighted by molar-refractivity contribution is -0.139. The molecule has 0 unspecified atom stereocenters. The summed E-state index contributed by atoms with van der Waals surface area (Å²) >= 11 is 0. The fourth-order valence-corrected chi connectivity index (χ4v) is 2.83. The Labute approximate surface area is 160 Å². The largest absolute Gasteiger partial charge is 0.354 e. The normalized spacial score (nSPS) is 11.9. The van der Waals surface area contributed by atoms with Gasteiger partial charge in [0.05, 0.1) is 0 Å². The number of amides is 2. The van der Waals surface area contributed by atoms with Crippen molar-refractivity contribution in [1.29, 1.82) is 0 Å². The molecule has 2 amide bonds. The van der Waals surface area contributed by atoms with Crippen LogP contribution in [-0.4, -0.2) is 29.3 Å². The zero-order valence-corrected chi connectivity index (χ0v) is 16.1. The SMILES string of the molecule is CC(=O)N(Cc1ccc(F)cc1)[C@H](Cc1ccccc1)C(=O)NCC(C)C. The molecule has 4 nitrogen and oxygen atoms in total. The number of benzene rings is 2. The maximum atomic E-state index is 13.2. The zero-order chi connectivity index (χ0) is 19.8.